The number of hydrogen-bond acceptors (Lipinski definition) is 5. The molecule has 0 saturated carbocycles. The van der Waals surface area contributed by atoms with Crippen molar-refractivity contribution >= 4 is 57.2 Å². The van der Waals surface area contributed by atoms with Gasteiger partial charge >= 0.3 is 0 Å². The molecule has 0 radical (unpaired) electrons. The Hall–Kier alpha value is -2.71. The Morgan fingerprint density at radius 2 is 1.97 bits per heavy atom. The maximum Gasteiger partial charge on any atom is 0.270 e. The third kappa shape index (κ3) is 4.33. The van der Waals surface area contributed by atoms with Crippen molar-refractivity contribution in [3.05, 3.63) is 63.8 Å². The summed E-state index contributed by atoms with van der Waals surface area (Å²) in [5, 5.41) is 15.1. The smallest absolute Gasteiger partial charge is 0.270 e. The predicted octanol–water partition coefficient (Wildman–Crippen LogP) is 4.39. The average molecular weight is 431 g/mol. The lowest BCUT2D eigenvalue weighted by molar-refractivity contribution is -0.384. The second-order valence-electron chi connectivity index (χ2n) is 6.76. The molecule has 1 fully saturated rings. The van der Waals surface area contributed by atoms with Crippen LogP contribution in [0.25, 0.3) is 10.9 Å². The van der Waals surface area contributed by atoms with Gasteiger partial charge in [0.2, 0.25) is 5.91 Å². The van der Waals surface area contributed by atoms with Crippen LogP contribution in [0.4, 0.5) is 17.1 Å². The number of carbonyl (C=O) groups excluding carboxylic acids is 1. The molecule has 1 N–H and O–H groups in total. The Balaban J connectivity index is 1.45. The zero-order valence-corrected chi connectivity index (χ0v) is 17.1. The number of halogens is 1. The Bertz CT molecular complexity index is 1080. The molecule has 150 valence electrons. The van der Waals surface area contributed by atoms with E-state index in [0.717, 1.165) is 41.2 Å². The third-order valence-corrected chi connectivity index (χ3v) is 6.11. The van der Waals surface area contributed by atoms with Gasteiger partial charge in [-0.1, -0.05) is 11.6 Å². The monoisotopic (exact) mass is 430 g/mol. The van der Waals surface area contributed by atoms with E-state index < -0.39 is 4.92 Å². The number of nitro groups is 1. The summed E-state index contributed by atoms with van der Waals surface area (Å²) < 4.78 is 1.76. The van der Waals surface area contributed by atoms with Gasteiger partial charge in [0.25, 0.3) is 5.69 Å². The summed E-state index contributed by atoms with van der Waals surface area (Å²) in [6, 6.07) is 11.9. The largest absolute Gasteiger partial charge is 0.369 e. The highest BCUT2D eigenvalue weighted by Crippen LogP contribution is 2.30. The summed E-state index contributed by atoms with van der Waals surface area (Å²) in [5.74, 6) is 1.98. The van der Waals surface area contributed by atoms with Crippen LogP contribution in [0.15, 0.2) is 48.7 Å². The molecule has 0 spiro atoms. The van der Waals surface area contributed by atoms with Gasteiger partial charge < -0.3 is 14.8 Å². The number of anilines is 2. The number of rotatable bonds is 5. The summed E-state index contributed by atoms with van der Waals surface area (Å²) in [6.07, 6.45) is 1.75. The van der Waals surface area contributed by atoms with E-state index >= 15 is 0 Å². The Kier molecular flexibility index (Phi) is 5.64. The van der Waals surface area contributed by atoms with Crippen LogP contribution in [0.5, 0.6) is 0 Å². The number of non-ortho nitro benzene ring substituents is 1. The van der Waals surface area contributed by atoms with Gasteiger partial charge in [0.1, 0.15) is 6.54 Å². The lowest BCUT2D eigenvalue weighted by atomic mass is 10.2. The summed E-state index contributed by atoms with van der Waals surface area (Å²) in [4.78, 5) is 25.2. The summed E-state index contributed by atoms with van der Waals surface area (Å²) in [6.45, 7) is 2.04. The number of hydrogen-bond donors (Lipinski definition) is 1. The molecule has 1 amide bonds. The zero-order chi connectivity index (χ0) is 20.4. The first-order valence-electron chi connectivity index (χ1n) is 9.16. The van der Waals surface area contributed by atoms with Gasteiger partial charge in [0.15, 0.2) is 0 Å². The van der Waals surface area contributed by atoms with Gasteiger partial charge in [0.05, 0.1) is 15.6 Å². The van der Waals surface area contributed by atoms with E-state index in [-0.39, 0.29) is 18.1 Å². The molecular weight excluding hydrogens is 412 g/mol. The second-order valence-corrected chi connectivity index (χ2v) is 8.39. The van der Waals surface area contributed by atoms with Crippen LogP contribution in [0.3, 0.4) is 0 Å². The number of fused-ring (bicyclic) bond motifs is 1. The molecule has 1 aliphatic rings. The van der Waals surface area contributed by atoms with Gasteiger partial charge in [-0.15, -0.1) is 0 Å². The molecule has 1 saturated heterocycles. The first-order chi connectivity index (χ1) is 14.0. The number of aromatic nitrogens is 1. The van der Waals surface area contributed by atoms with Crippen LogP contribution in [0, 0.1) is 10.1 Å². The van der Waals surface area contributed by atoms with Crippen molar-refractivity contribution in [1.82, 2.24) is 4.57 Å². The minimum Gasteiger partial charge on any atom is -0.369 e. The Labute approximate surface area is 176 Å². The minimum absolute atomic E-state index is 0.0294. The minimum atomic E-state index is -0.431. The number of nitro benzene ring substituents is 1. The Morgan fingerprint density at radius 3 is 2.69 bits per heavy atom. The third-order valence-electron chi connectivity index (χ3n) is 4.86. The maximum absolute atomic E-state index is 12.5. The first-order valence-corrected chi connectivity index (χ1v) is 10.7. The summed E-state index contributed by atoms with van der Waals surface area (Å²) in [5.41, 5.74) is 2.43. The van der Waals surface area contributed by atoms with Crippen molar-refractivity contribution in [1.29, 1.82) is 0 Å². The highest BCUT2D eigenvalue weighted by Gasteiger charge is 2.15. The number of nitrogens with zero attached hydrogens (tertiary/aromatic N) is 3. The average Bonchev–Trinajstić information content (AvgIpc) is 3.10. The number of nitrogens with one attached hydrogen (secondary N) is 1. The molecule has 3 aromatic rings. The van der Waals surface area contributed by atoms with Crippen LogP contribution >= 0.6 is 23.4 Å². The SMILES string of the molecule is O=C(Cn1ccc2cc([N+](=O)[O-])ccc21)Nc1ccc(N2CCSCC2)c(Cl)c1. The molecule has 0 unspecified atom stereocenters. The van der Waals surface area contributed by atoms with Gasteiger partial charge in [0, 0.05) is 59.5 Å². The molecular formula is C20H19ClN4O3S. The first kappa shape index (κ1) is 19.6. The molecule has 29 heavy (non-hydrogen) atoms. The van der Waals surface area contributed by atoms with E-state index in [1.165, 1.54) is 12.1 Å². The lowest BCUT2D eigenvalue weighted by Gasteiger charge is -2.29. The fourth-order valence-corrected chi connectivity index (χ4v) is 4.64. The van der Waals surface area contributed by atoms with E-state index in [1.807, 2.05) is 23.9 Å². The molecule has 9 heteroatoms. The highest BCUT2D eigenvalue weighted by molar-refractivity contribution is 7.99. The van der Waals surface area contributed by atoms with E-state index in [2.05, 4.69) is 10.2 Å². The number of benzene rings is 2. The van der Waals surface area contributed by atoms with Crippen LogP contribution in [-0.4, -0.2) is 40.0 Å². The topological polar surface area (TPSA) is 80.4 Å². The normalized spacial score (nSPS) is 14.2. The van der Waals surface area contributed by atoms with E-state index in [9.17, 15) is 14.9 Å². The zero-order valence-electron chi connectivity index (χ0n) is 15.5. The molecule has 0 aliphatic carbocycles. The molecule has 2 aromatic carbocycles. The lowest BCUT2D eigenvalue weighted by Crippen LogP contribution is -2.32. The van der Waals surface area contributed by atoms with Crippen LogP contribution in [-0.2, 0) is 11.3 Å². The van der Waals surface area contributed by atoms with E-state index in [1.54, 1.807) is 29.0 Å². The van der Waals surface area contributed by atoms with Crippen molar-refractivity contribution < 1.29 is 9.72 Å². The molecule has 1 aliphatic heterocycles. The summed E-state index contributed by atoms with van der Waals surface area (Å²) >= 11 is 8.39. The molecule has 7 nitrogen and oxygen atoms in total. The highest BCUT2D eigenvalue weighted by atomic mass is 35.5. The molecule has 2 heterocycles. The molecule has 4 rings (SSSR count). The Morgan fingerprint density at radius 1 is 1.17 bits per heavy atom. The standard InChI is InChI=1S/C20H19ClN4O3S/c21-17-12-15(1-3-19(17)23-7-9-29-10-8-23)22-20(26)13-24-6-5-14-11-16(25(27)28)2-4-18(14)24/h1-6,11-12H,7-10,13H2,(H,22,26). The number of carbonyl (C=O) groups is 1. The molecule has 1 aromatic heterocycles. The van der Waals surface area contributed by atoms with Crippen molar-refractivity contribution in [3.63, 3.8) is 0 Å². The molecule has 0 atom stereocenters. The quantitative estimate of drug-likeness (QED) is 0.479. The van der Waals surface area contributed by atoms with Gasteiger partial charge in [-0.25, -0.2) is 0 Å². The van der Waals surface area contributed by atoms with Crippen molar-refractivity contribution in [2.75, 3.05) is 34.8 Å². The molecule has 0 bridgehead atoms. The van der Waals surface area contributed by atoms with Crippen LogP contribution in [0.2, 0.25) is 5.02 Å². The van der Waals surface area contributed by atoms with Crippen molar-refractivity contribution in [2.24, 2.45) is 0 Å². The number of amides is 1. The maximum atomic E-state index is 12.5. The second kappa shape index (κ2) is 8.34. The van der Waals surface area contributed by atoms with E-state index in [4.69, 9.17) is 11.6 Å². The fraction of sp³-hybridized carbons (Fsp3) is 0.250. The fourth-order valence-electron chi connectivity index (χ4n) is 3.44. The van der Waals surface area contributed by atoms with Crippen LogP contribution in [0.1, 0.15) is 0 Å². The van der Waals surface area contributed by atoms with Gasteiger partial charge in [-0.05, 0) is 30.3 Å². The van der Waals surface area contributed by atoms with Gasteiger partial charge in [-0.2, -0.15) is 11.8 Å². The van der Waals surface area contributed by atoms with Gasteiger partial charge in [-0.3, -0.25) is 14.9 Å². The van der Waals surface area contributed by atoms with Crippen LogP contribution < -0.4 is 10.2 Å². The van der Waals surface area contributed by atoms with Crippen molar-refractivity contribution in [2.45, 2.75) is 6.54 Å². The predicted molar refractivity (Wildman–Crippen MR) is 118 cm³/mol. The summed E-state index contributed by atoms with van der Waals surface area (Å²) in [7, 11) is 0. The number of thioether (sulfide) groups is 1. The van der Waals surface area contributed by atoms with E-state index in [0.29, 0.717) is 10.7 Å². The van der Waals surface area contributed by atoms with Crippen molar-refractivity contribution in [3.8, 4) is 0 Å².